The molecule has 0 unspecified atom stereocenters. The van der Waals surface area contributed by atoms with Crippen LogP contribution in [0.3, 0.4) is 0 Å². The van der Waals surface area contributed by atoms with Gasteiger partial charge in [-0.05, 0) is 37.0 Å². The molecule has 2 aromatic rings. The van der Waals surface area contributed by atoms with Gasteiger partial charge in [0.2, 0.25) is 0 Å². The fourth-order valence-electron chi connectivity index (χ4n) is 3.37. The van der Waals surface area contributed by atoms with Crippen molar-refractivity contribution < 1.29 is 19.4 Å². The number of carbonyl (C=O) groups is 1. The third kappa shape index (κ3) is 5.04. The Balaban J connectivity index is 1.49. The molecule has 3 rings (SSSR count). The normalized spacial score (nSPS) is 16.7. The number of benzene rings is 1. The van der Waals surface area contributed by atoms with Crippen LogP contribution in [0.1, 0.15) is 30.2 Å². The van der Waals surface area contributed by atoms with Crippen LogP contribution in [-0.4, -0.2) is 51.8 Å². The maximum Gasteiger partial charge on any atom is 0.251 e. The fraction of sp³-hybridized carbons (Fsp3) is 0.400. The van der Waals surface area contributed by atoms with E-state index in [0.29, 0.717) is 30.9 Å². The topological polar surface area (TPSA) is 122 Å². The second-order valence-corrected chi connectivity index (χ2v) is 6.97. The lowest BCUT2D eigenvalue weighted by molar-refractivity contribution is -0.135. The predicted octanol–water partition coefficient (Wildman–Crippen LogP) is 0.914. The summed E-state index contributed by atoms with van der Waals surface area (Å²) >= 11 is 0. The predicted molar refractivity (Wildman–Crippen MR) is 102 cm³/mol. The molecule has 1 fully saturated rings. The lowest BCUT2D eigenvalue weighted by Gasteiger charge is -2.34. The van der Waals surface area contributed by atoms with Gasteiger partial charge in [-0.2, -0.15) is 5.26 Å². The van der Waals surface area contributed by atoms with Crippen LogP contribution in [0.15, 0.2) is 36.8 Å². The van der Waals surface area contributed by atoms with Gasteiger partial charge in [-0.3, -0.25) is 14.8 Å². The molecule has 1 aromatic heterocycles. The Bertz CT molecular complexity index is 881. The number of aromatic nitrogens is 2. The number of hydrogen-bond acceptors (Lipinski definition) is 7. The van der Waals surface area contributed by atoms with Gasteiger partial charge in [-0.1, -0.05) is 0 Å². The molecule has 152 valence electrons. The molecule has 0 spiro atoms. The van der Waals surface area contributed by atoms with Gasteiger partial charge in [-0.15, -0.1) is 0 Å². The van der Waals surface area contributed by atoms with Crippen molar-refractivity contribution in [3.05, 3.63) is 53.9 Å². The Morgan fingerprint density at radius 1 is 1.34 bits per heavy atom. The number of aliphatic hydroxyl groups excluding tert-OH is 2. The Labute approximate surface area is 167 Å². The number of halogens is 1. The number of aliphatic hydroxyl groups is 2. The van der Waals surface area contributed by atoms with Crippen molar-refractivity contribution in [2.45, 2.75) is 25.0 Å². The van der Waals surface area contributed by atoms with Crippen LogP contribution in [0.5, 0.6) is 0 Å². The summed E-state index contributed by atoms with van der Waals surface area (Å²) in [7, 11) is 0. The minimum absolute atomic E-state index is 0.121. The van der Waals surface area contributed by atoms with E-state index in [9.17, 15) is 24.7 Å². The van der Waals surface area contributed by atoms with Gasteiger partial charge in [0.05, 0.1) is 23.1 Å². The average Bonchev–Trinajstić information content (AvgIpc) is 2.77. The number of rotatable bonds is 6. The van der Waals surface area contributed by atoms with Crippen LogP contribution >= 0.6 is 0 Å². The molecule has 2 atom stereocenters. The first-order valence-corrected chi connectivity index (χ1v) is 9.34. The monoisotopic (exact) mass is 399 g/mol. The number of nitriles is 1. The summed E-state index contributed by atoms with van der Waals surface area (Å²) in [6.07, 6.45) is 2.55. The van der Waals surface area contributed by atoms with E-state index < -0.39 is 23.9 Å². The first-order chi connectivity index (χ1) is 14.0. The van der Waals surface area contributed by atoms with Crippen LogP contribution in [-0.2, 0) is 4.79 Å². The molecule has 9 heteroatoms. The van der Waals surface area contributed by atoms with E-state index in [-0.39, 0.29) is 11.6 Å². The maximum absolute atomic E-state index is 13.3. The van der Waals surface area contributed by atoms with Gasteiger partial charge in [0, 0.05) is 32.0 Å². The van der Waals surface area contributed by atoms with E-state index in [2.05, 4.69) is 15.3 Å². The van der Waals surface area contributed by atoms with Crippen LogP contribution in [0.2, 0.25) is 0 Å². The number of carbonyl (C=O) groups excluding carboxylic acids is 1. The molecule has 29 heavy (non-hydrogen) atoms. The van der Waals surface area contributed by atoms with Gasteiger partial charge >= 0.3 is 0 Å². The molecule has 1 amide bonds. The summed E-state index contributed by atoms with van der Waals surface area (Å²) in [6, 6.07) is 6.20. The fourth-order valence-corrected chi connectivity index (χ4v) is 3.37. The molecule has 1 aromatic carbocycles. The number of nitrogens with one attached hydrogen (secondary N) is 1. The third-order valence-corrected chi connectivity index (χ3v) is 5.05. The second-order valence-electron chi connectivity index (χ2n) is 6.97. The zero-order valence-electron chi connectivity index (χ0n) is 15.7. The van der Waals surface area contributed by atoms with E-state index in [1.165, 1.54) is 30.7 Å². The molecule has 0 saturated carbocycles. The highest BCUT2D eigenvalue weighted by Gasteiger charge is 2.28. The first kappa shape index (κ1) is 20.6. The number of amides is 1. The number of piperidine rings is 1. The van der Waals surface area contributed by atoms with Crippen molar-refractivity contribution in [3.63, 3.8) is 0 Å². The van der Waals surface area contributed by atoms with E-state index >= 15 is 0 Å². The SMILES string of the molecule is N#Cc1cc(F)ccc1N1CCC(CNC(=O)[C@H](O)[C@@H](O)c2cnccn2)CC1. The molecule has 0 aliphatic carbocycles. The Kier molecular flexibility index (Phi) is 6.69. The zero-order valence-corrected chi connectivity index (χ0v) is 15.7. The van der Waals surface area contributed by atoms with Crippen LogP contribution in [0, 0.1) is 23.1 Å². The van der Waals surface area contributed by atoms with E-state index in [1.54, 1.807) is 6.07 Å². The molecule has 0 bridgehead atoms. The average molecular weight is 399 g/mol. The smallest absolute Gasteiger partial charge is 0.251 e. The number of hydrogen-bond donors (Lipinski definition) is 3. The van der Waals surface area contributed by atoms with Crippen LogP contribution in [0.4, 0.5) is 10.1 Å². The molecular formula is C20H22FN5O3. The first-order valence-electron chi connectivity index (χ1n) is 9.34. The van der Waals surface area contributed by atoms with Gasteiger partial charge in [0.25, 0.3) is 5.91 Å². The number of nitrogens with zero attached hydrogens (tertiary/aromatic N) is 4. The maximum atomic E-state index is 13.3. The standard InChI is InChI=1S/C20H22FN5O3/c21-15-1-2-17(14(9-15)10-22)26-7-3-13(4-8-26)11-25-20(29)19(28)18(27)16-12-23-5-6-24-16/h1-2,5-6,9,12-13,18-19,27-28H,3-4,7-8,11H2,(H,25,29)/t18-,19+/m0/s1. The Morgan fingerprint density at radius 3 is 2.76 bits per heavy atom. The molecule has 2 heterocycles. The van der Waals surface area contributed by atoms with Crippen molar-refractivity contribution in [2.75, 3.05) is 24.5 Å². The quantitative estimate of drug-likeness (QED) is 0.660. The summed E-state index contributed by atoms with van der Waals surface area (Å²) in [5, 5.41) is 32.0. The Morgan fingerprint density at radius 2 is 2.10 bits per heavy atom. The van der Waals surface area contributed by atoms with Gasteiger partial charge < -0.3 is 20.4 Å². The highest BCUT2D eigenvalue weighted by atomic mass is 19.1. The summed E-state index contributed by atoms with van der Waals surface area (Å²) in [5.41, 5.74) is 1.13. The molecule has 1 aliphatic heterocycles. The molecular weight excluding hydrogens is 377 g/mol. The largest absolute Gasteiger partial charge is 0.383 e. The highest BCUT2D eigenvalue weighted by Crippen LogP contribution is 2.26. The van der Waals surface area contributed by atoms with Gasteiger partial charge in [0.15, 0.2) is 6.10 Å². The van der Waals surface area contributed by atoms with Crippen LogP contribution < -0.4 is 10.2 Å². The summed E-state index contributed by atoms with van der Waals surface area (Å²) < 4.78 is 13.3. The zero-order chi connectivity index (χ0) is 20.8. The van der Waals surface area contributed by atoms with E-state index in [0.717, 1.165) is 12.8 Å². The molecule has 8 nitrogen and oxygen atoms in total. The van der Waals surface area contributed by atoms with Crippen molar-refractivity contribution >= 4 is 11.6 Å². The molecule has 1 aliphatic rings. The van der Waals surface area contributed by atoms with E-state index in [1.807, 2.05) is 11.0 Å². The van der Waals surface area contributed by atoms with Gasteiger partial charge in [-0.25, -0.2) is 4.39 Å². The van der Waals surface area contributed by atoms with Crippen molar-refractivity contribution in [2.24, 2.45) is 5.92 Å². The van der Waals surface area contributed by atoms with Crippen LogP contribution in [0.25, 0.3) is 0 Å². The second kappa shape index (κ2) is 9.41. The molecule has 0 radical (unpaired) electrons. The minimum Gasteiger partial charge on any atom is -0.383 e. The lowest BCUT2D eigenvalue weighted by Crippen LogP contribution is -2.43. The minimum atomic E-state index is -1.64. The third-order valence-electron chi connectivity index (χ3n) is 5.05. The highest BCUT2D eigenvalue weighted by molar-refractivity contribution is 5.81. The summed E-state index contributed by atoms with van der Waals surface area (Å²) in [6.45, 7) is 1.71. The Hall–Kier alpha value is -3.09. The number of anilines is 1. The lowest BCUT2D eigenvalue weighted by atomic mass is 9.95. The van der Waals surface area contributed by atoms with Crippen molar-refractivity contribution in [1.29, 1.82) is 5.26 Å². The van der Waals surface area contributed by atoms with Crippen molar-refractivity contribution in [3.8, 4) is 6.07 Å². The molecule has 1 saturated heterocycles. The summed E-state index contributed by atoms with van der Waals surface area (Å²) in [5.74, 6) is -0.914. The summed E-state index contributed by atoms with van der Waals surface area (Å²) in [4.78, 5) is 21.9. The van der Waals surface area contributed by atoms with Crippen molar-refractivity contribution in [1.82, 2.24) is 15.3 Å². The van der Waals surface area contributed by atoms with E-state index in [4.69, 9.17) is 0 Å². The molecule has 3 N–H and O–H groups in total. The van der Waals surface area contributed by atoms with Gasteiger partial charge in [0.1, 0.15) is 18.0 Å².